The fraction of sp³-hybridized carbons (Fsp3) is 0.650. The molecule has 0 radical (unpaired) electrons. The third-order valence-electron chi connectivity index (χ3n) is 5.53. The van der Waals surface area contributed by atoms with Crippen LogP contribution in [0.15, 0.2) is 30.3 Å². The first kappa shape index (κ1) is 17.4. The van der Waals surface area contributed by atoms with Crippen molar-refractivity contribution in [3.8, 4) is 0 Å². The van der Waals surface area contributed by atoms with Gasteiger partial charge in [0, 0.05) is 25.7 Å². The Morgan fingerprint density at radius 1 is 1.29 bits per heavy atom. The van der Waals surface area contributed by atoms with E-state index in [4.69, 9.17) is 0 Å². The number of amides is 1. The van der Waals surface area contributed by atoms with Gasteiger partial charge in [0.25, 0.3) is 0 Å². The standard InChI is InChI=1S/C20H30N2O2/c1-16(19-9-10-19)22(13-17-6-3-2-4-7-17)20(24)14-21-11-5-8-18(12-21)15-23/h2-4,6-7,16,18-19,23H,5,8-15H2,1H3. The lowest BCUT2D eigenvalue weighted by Gasteiger charge is -2.35. The first-order chi connectivity index (χ1) is 11.7. The molecule has 0 bridgehead atoms. The smallest absolute Gasteiger partial charge is 0.237 e. The fourth-order valence-corrected chi connectivity index (χ4v) is 3.80. The van der Waals surface area contributed by atoms with Gasteiger partial charge < -0.3 is 10.0 Å². The maximum Gasteiger partial charge on any atom is 0.237 e. The number of benzene rings is 1. The van der Waals surface area contributed by atoms with Gasteiger partial charge in [-0.1, -0.05) is 30.3 Å². The van der Waals surface area contributed by atoms with Gasteiger partial charge in [-0.25, -0.2) is 0 Å². The van der Waals surface area contributed by atoms with Gasteiger partial charge >= 0.3 is 0 Å². The molecule has 3 rings (SSSR count). The van der Waals surface area contributed by atoms with Gasteiger partial charge in [-0.2, -0.15) is 0 Å². The van der Waals surface area contributed by atoms with Crippen LogP contribution in [-0.4, -0.2) is 53.1 Å². The van der Waals surface area contributed by atoms with Crippen molar-refractivity contribution < 1.29 is 9.90 Å². The maximum absolute atomic E-state index is 13.0. The molecule has 0 spiro atoms. The van der Waals surface area contributed by atoms with E-state index in [0.29, 0.717) is 31.0 Å². The molecular weight excluding hydrogens is 300 g/mol. The Balaban J connectivity index is 1.64. The number of carbonyl (C=O) groups is 1. The quantitative estimate of drug-likeness (QED) is 0.835. The van der Waals surface area contributed by atoms with Gasteiger partial charge in [0.05, 0.1) is 6.54 Å². The van der Waals surface area contributed by atoms with Crippen LogP contribution in [0.4, 0.5) is 0 Å². The molecule has 132 valence electrons. The maximum atomic E-state index is 13.0. The van der Waals surface area contributed by atoms with E-state index in [1.165, 1.54) is 18.4 Å². The van der Waals surface area contributed by atoms with Crippen molar-refractivity contribution in [3.05, 3.63) is 35.9 Å². The SMILES string of the molecule is CC(C1CC1)N(Cc1ccccc1)C(=O)CN1CCCC(CO)C1. The molecule has 1 N–H and O–H groups in total. The summed E-state index contributed by atoms with van der Waals surface area (Å²) in [6.07, 6.45) is 4.65. The number of likely N-dealkylation sites (tertiary alicyclic amines) is 1. The van der Waals surface area contributed by atoms with Crippen molar-refractivity contribution >= 4 is 5.91 Å². The molecule has 1 amide bonds. The predicted octanol–water partition coefficient (Wildman–Crippen LogP) is 2.52. The molecule has 2 fully saturated rings. The number of hydrogen-bond acceptors (Lipinski definition) is 3. The van der Waals surface area contributed by atoms with Crippen LogP contribution >= 0.6 is 0 Å². The monoisotopic (exact) mass is 330 g/mol. The van der Waals surface area contributed by atoms with Crippen LogP contribution in [0.3, 0.4) is 0 Å². The summed E-state index contributed by atoms with van der Waals surface area (Å²) in [6.45, 7) is 5.44. The summed E-state index contributed by atoms with van der Waals surface area (Å²) in [5.74, 6) is 1.23. The lowest BCUT2D eigenvalue weighted by molar-refractivity contribution is -0.136. The average molecular weight is 330 g/mol. The molecule has 1 aliphatic heterocycles. The zero-order valence-corrected chi connectivity index (χ0v) is 14.7. The Bertz CT molecular complexity index is 530. The van der Waals surface area contributed by atoms with Crippen LogP contribution in [0.1, 0.15) is 38.2 Å². The van der Waals surface area contributed by atoms with E-state index < -0.39 is 0 Å². The predicted molar refractivity (Wildman–Crippen MR) is 95.4 cm³/mol. The number of aliphatic hydroxyl groups excluding tert-OH is 1. The summed E-state index contributed by atoms with van der Waals surface area (Å²) < 4.78 is 0. The second-order valence-electron chi connectivity index (χ2n) is 7.51. The highest BCUT2D eigenvalue weighted by Gasteiger charge is 2.35. The third-order valence-corrected chi connectivity index (χ3v) is 5.53. The molecular formula is C20H30N2O2. The summed E-state index contributed by atoms with van der Waals surface area (Å²) in [4.78, 5) is 17.3. The van der Waals surface area contributed by atoms with E-state index in [0.717, 1.165) is 25.9 Å². The van der Waals surface area contributed by atoms with Crippen LogP contribution < -0.4 is 0 Å². The summed E-state index contributed by atoms with van der Waals surface area (Å²) in [5.41, 5.74) is 1.20. The highest BCUT2D eigenvalue weighted by Crippen LogP contribution is 2.35. The first-order valence-corrected chi connectivity index (χ1v) is 9.34. The number of rotatable bonds is 7. The summed E-state index contributed by atoms with van der Waals surface area (Å²) in [6, 6.07) is 10.6. The van der Waals surface area contributed by atoms with Crippen LogP contribution in [0.25, 0.3) is 0 Å². The highest BCUT2D eigenvalue weighted by molar-refractivity contribution is 5.78. The molecule has 1 saturated heterocycles. The van der Waals surface area contributed by atoms with Crippen molar-refractivity contribution in [2.24, 2.45) is 11.8 Å². The van der Waals surface area contributed by atoms with Crippen molar-refractivity contribution in [1.29, 1.82) is 0 Å². The second-order valence-corrected chi connectivity index (χ2v) is 7.51. The van der Waals surface area contributed by atoms with E-state index in [2.05, 4.69) is 28.9 Å². The van der Waals surface area contributed by atoms with Gasteiger partial charge in [0.2, 0.25) is 5.91 Å². The number of hydrogen-bond donors (Lipinski definition) is 1. The van der Waals surface area contributed by atoms with E-state index in [9.17, 15) is 9.90 Å². The Kier molecular flexibility index (Phi) is 5.90. The zero-order chi connectivity index (χ0) is 16.9. The Morgan fingerprint density at radius 2 is 2.04 bits per heavy atom. The third kappa shape index (κ3) is 4.58. The minimum Gasteiger partial charge on any atom is -0.396 e. The molecule has 0 aromatic heterocycles. The molecule has 1 heterocycles. The van der Waals surface area contributed by atoms with E-state index in [1.807, 2.05) is 18.2 Å². The zero-order valence-electron chi connectivity index (χ0n) is 14.7. The van der Waals surface area contributed by atoms with Crippen molar-refractivity contribution in [1.82, 2.24) is 9.80 Å². The molecule has 1 aliphatic carbocycles. The van der Waals surface area contributed by atoms with Gasteiger partial charge in [-0.3, -0.25) is 9.69 Å². The van der Waals surface area contributed by atoms with Gasteiger partial charge in [0.15, 0.2) is 0 Å². The Hall–Kier alpha value is -1.39. The molecule has 24 heavy (non-hydrogen) atoms. The van der Waals surface area contributed by atoms with E-state index >= 15 is 0 Å². The molecule has 1 aromatic carbocycles. The first-order valence-electron chi connectivity index (χ1n) is 9.34. The minimum absolute atomic E-state index is 0.233. The van der Waals surface area contributed by atoms with E-state index in [1.54, 1.807) is 0 Å². The van der Waals surface area contributed by atoms with Crippen LogP contribution in [-0.2, 0) is 11.3 Å². The normalized spacial score (nSPS) is 23.0. The fourth-order valence-electron chi connectivity index (χ4n) is 3.80. The molecule has 2 atom stereocenters. The van der Waals surface area contributed by atoms with Crippen LogP contribution in [0, 0.1) is 11.8 Å². The van der Waals surface area contributed by atoms with Gasteiger partial charge in [-0.15, -0.1) is 0 Å². The molecule has 2 aliphatic rings. The molecule has 4 nitrogen and oxygen atoms in total. The largest absolute Gasteiger partial charge is 0.396 e. The summed E-state index contributed by atoms with van der Waals surface area (Å²) in [5, 5.41) is 9.39. The van der Waals surface area contributed by atoms with Crippen molar-refractivity contribution in [3.63, 3.8) is 0 Å². The Labute approximate surface area is 145 Å². The molecule has 1 saturated carbocycles. The second kappa shape index (κ2) is 8.13. The van der Waals surface area contributed by atoms with Crippen molar-refractivity contribution in [2.75, 3.05) is 26.2 Å². The Morgan fingerprint density at radius 3 is 2.71 bits per heavy atom. The summed E-state index contributed by atoms with van der Waals surface area (Å²) >= 11 is 0. The molecule has 1 aromatic rings. The average Bonchev–Trinajstić information content (AvgIpc) is 3.45. The number of carbonyl (C=O) groups excluding carboxylic acids is 1. The van der Waals surface area contributed by atoms with Crippen LogP contribution in [0.2, 0.25) is 0 Å². The van der Waals surface area contributed by atoms with Crippen molar-refractivity contribution in [2.45, 2.75) is 45.2 Å². The highest BCUT2D eigenvalue weighted by atomic mass is 16.3. The topological polar surface area (TPSA) is 43.8 Å². The number of piperidine rings is 1. The van der Waals surface area contributed by atoms with E-state index in [-0.39, 0.29) is 12.5 Å². The molecule has 2 unspecified atom stereocenters. The number of nitrogens with zero attached hydrogens (tertiary/aromatic N) is 2. The lowest BCUT2D eigenvalue weighted by atomic mass is 9.99. The van der Waals surface area contributed by atoms with Crippen LogP contribution in [0.5, 0.6) is 0 Å². The number of aliphatic hydroxyl groups is 1. The van der Waals surface area contributed by atoms with Gasteiger partial charge in [-0.05, 0) is 56.6 Å². The minimum atomic E-state index is 0.233. The summed E-state index contributed by atoms with van der Waals surface area (Å²) in [7, 11) is 0. The molecule has 4 heteroatoms. The van der Waals surface area contributed by atoms with Gasteiger partial charge in [0.1, 0.15) is 0 Å². The lowest BCUT2D eigenvalue weighted by Crippen LogP contribution is -2.47.